The van der Waals surface area contributed by atoms with E-state index in [-0.39, 0.29) is 0 Å². The van der Waals surface area contributed by atoms with Gasteiger partial charge in [0.1, 0.15) is 6.29 Å². The maximum atomic E-state index is 10.7. The number of aldehydes is 1. The van der Waals surface area contributed by atoms with Crippen molar-refractivity contribution in [1.29, 1.82) is 0 Å². The van der Waals surface area contributed by atoms with E-state index in [9.17, 15) is 9.59 Å². The molecule has 0 aromatic rings. The van der Waals surface area contributed by atoms with Crippen LogP contribution in [0, 0.1) is 0 Å². The highest BCUT2D eigenvalue weighted by molar-refractivity contribution is 5.81. The third kappa shape index (κ3) is 8.59. The maximum Gasteiger partial charge on any atom is 0.333 e. The number of carbonyl (C=O) groups is 2. The minimum atomic E-state index is -0.419. The standard InChI is InChI=1S/C9H14O4/c1-2-13-9(11)5-8-12-7-4-3-6-10/h5-6,8H,2-4,7H2,1H3/b8-5+. The van der Waals surface area contributed by atoms with E-state index < -0.39 is 5.97 Å². The van der Waals surface area contributed by atoms with Crippen LogP contribution in [0.5, 0.6) is 0 Å². The molecule has 0 aliphatic carbocycles. The van der Waals surface area contributed by atoms with E-state index in [2.05, 4.69) is 4.74 Å². The second kappa shape index (κ2) is 8.77. The highest BCUT2D eigenvalue weighted by atomic mass is 16.5. The van der Waals surface area contributed by atoms with Crippen molar-refractivity contribution in [3.8, 4) is 0 Å². The number of ether oxygens (including phenoxy) is 2. The number of carbonyl (C=O) groups excluding carboxylic acids is 2. The fourth-order valence-corrected chi connectivity index (χ4v) is 0.612. The quantitative estimate of drug-likeness (QED) is 0.196. The summed E-state index contributed by atoms with van der Waals surface area (Å²) in [6.45, 7) is 2.53. The largest absolute Gasteiger partial charge is 0.501 e. The van der Waals surface area contributed by atoms with E-state index in [1.54, 1.807) is 6.92 Å². The number of hydrogen-bond donors (Lipinski definition) is 0. The molecular formula is C9H14O4. The van der Waals surface area contributed by atoms with Crippen LogP contribution in [-0.4, -0.2) is 25.5 Å². The summed E-state index contributed by atoms with van der Waals surface area (Å²) < 4.78 is 9.52. The summed E-state index contributed by atoms with van der Waals surface area (Å²) in [7, 11) is 0. The normalized spacial score (nSPS) is 9.92. The first-order valence-electron chi connectivity index (χ1n) is 4.19. The lowest BCUT2D eigenvalue weighted by molar-refractivity contribution is -0.137. The van der Waals surface area contributed by atoms with Gasteiger partial charge in [-0.05, 0) is 13.3 Å². The molecule has 0 heterocycles. The molecular weight excluding hydrogens is 172 g/mol. The molecule has 0 unspecified atom stereocenters. The summed E-state index contributed by atoms with van der Waals surface area (Å²) in [5.74, 6) is -0.419. The molecule has 0 spiro atoms. The summed E-state index contributed by atoms with van der Waals surface area (Å²) >= 11 is 0. The van der Waals surface area contributed by atoms with Gasteiger partial charge in [0.05, 0.1) is 25.6 Å². The molecule has 0 saturated heterocycles. The van der Waals surface area contributed by atoms with Crippen LogP contribution in [0.2, 0.25) is 0 Å². The van der Waals surface area contributed by atoms with Crippen LogP contribution in [-0.2, 0) is 19.1 Å². The molecule has 0 amide bonds. The SMILES string of the molecule is CCOC(=O)/C=C/OCCCC=O. The van der Waals surface area contributed by atoms with Crippen LogP contribution in [0.15, 0.2) is 12.3 Å². The topological polar surface area (TPSA) is 52.6 Å². The number of esters is 1. The molecule has 74 valence electrons. The molecule has 0 rings (SSSR count). The van der Waals surface area contributed by atoms with Crippen LogP contribution >= 0.6 is 0 Å². The number of unbranched alkanes of at least 4 members (excludes halogenated alkanes) is 1. The first kappa shape index (κ1) is 11.7. The minimum Gasteiger partial charge on any atom is -0.501 e. The molecule has 0 radical (unpaired) electrons. The van der Waals surface area contributed by atoms with Crippen molar-refractivity contribution < 1.29 is 19.1 Å². The second-order valence-electron chi connectivity index (χ2n) is 2.23. The molecule has 4 heteroatoms. The highest BCUT2D eigenvalue weighted by Crippen LogP contribution is 1.88. The Hall–Kier alpha value is -1.32. The molecule has 0 aliphatic heterocycles. The lowest BCUT2D eigenvalue weighted by atomic mass is 10.3. The van der Waals surface area contributed by atoms with E-state index in [1.165, 1.54) is 12.3 Å². The average molecular weight is 186 g/mol. The molecule has 4 nitrogen and oxygen atoms in total. The van der Waals surface area contributed by atoms with Gasteiger partial charge in [0.15, 0.2) is 0 Å². The van der Waals surface area contributed by atoms with E-state index in [4.69, 9.17) is 4.74 Å². The fourth-order valence-electron chi connectivity index (χ4n) is 0.612. The Balaban J connectivity index is 3.29. The Morgan fingerprint density at radius 2 is 2.23 bits per heavy atom. The Morgan fingerprint density at radius 3 is 2.85 bits per heavy atom. The predicted octanol–water partition coefficient (Wildman–Crippen LogP) is 1.06. The van der Waals surface area contributed by atoms with Gasteiger partial charge in [0.25, 0.3) is 0 Å². The maximum absolute atomic E-state index is 10.7. The zero-order valence-corrected chi connectivity index (χ0v) is 7.69. The van der Waals surface area contributed by atoms with Gasteiger partial charge in [-0.15, -0.1) is 0 Å². The van der Waals surface area contributed by atoms with Gasteiger partial charge in [-0.3, -0.25) is 0 Å². The van der Waals surface area contributed by atoms with Gasteiger partial charge >= 0.3 is 5.97 Å². The van der Waals surface area contributed by atoms with E-state index in [0.29, 0.717) is 26.1 Å². The summed E-state index contributed by atoms with van der Waals surface area (Å²) in [5, 5.41) is 0. The molecule has 0 N–H and O–H groups in total. The van der Waals surface area contributed by atoms with Crippen molar-refractivity contribution in [2.45, 2.75) is 19.8 Å². The summed E-state index contributed by atoms with van der Waals surface area (Å²) in [6.07, 6.45) is 4.47. The highest BCUT2D eigenvalue weighted by Gasteiger charge is 1.92. The van der Waals surface area contributed by atoms with Crippen molar-refractivity contribution >= 4 is 12.3 Å². The molecule has 0 bridgehead atoms. The summed E-state index contributed by atoms with van der Waals surface area (Å²) in [5.41, 5.74) is 0. The van der Waals surface area contributed by atoms with Gasteiger partial charge in [0.2, 0.25) is 0 Å². The van der Waals surface area contributed by atoms with Gasteiger partial charge in [-0.2, -0.15) is 0 Å². The predicted molar refractivity (Wildman–Crippen MR) is 47.0 cm³/mol. The fraction of sp³-hybridized carbons (Fsp3) is 0.556. The van der Waals surface area contributed by atoms with Crippen LogP contribution in [0.3, 0.4) is 0 Å². The Bertz CT molecular complexity index is 174. The zero-order valence-electron chi connectivity index (χ0n) is 7.69. The van der Waals surface area contributed by atoms with Crippen molar-refractivity contribution in [3.63, 3.8) is 0 Å². The lowest BCUT2D eigenvalue weighted by Gasteiger charge is -1.97. The molecule has 0 atom stereocenters. The third-order valence-electron chi connectivity index (χ3n) is 1.17. The number of hydrogen-bond acceptors (Lipinski definition) is 4. The summed E-state index contributed by atoms with van der Waals surface area (Å²) in [6, 6.07) is 0. The minimum absolute atomic E-state index is 0.355. The van der Waals surface area contributed by atoms with Crippen molar-refractivity contribution in [2.24, 2.45) is 0 Å². The first-order chi connectivity index (χ1) is 6.31. The molecule has 0 aromatic heterocycles. The molecule has 13 heavy (non-hydrogen) atoms. The van der Waals surface area contributed by atoms with E-state index in [0.717, 1.165) is 6.29 Å². The smallest absolute Gasteiger partial charge is 0.333 e. The Morgan fingerprint density at radius 1 is 1.46 bits per heavy atom. The Labute approximate surface area is 77.5 Å². The van der Waals surface area contributed by atoms with Gasteiger partial charge in [0, 0.05) is 6.42 Å². The molecule has 0 aliphatic rings. The van der Waals surface area contributed by atoms with Gasteiger partial charge < -0.3 is 14.3 Å². The lowest BCUT2D eigenvalue weighted by Crippen LogP contribution is -1.99. The van der Waals surface area contributed by atoms with Crippen LogP contribution in [0.1, 0.15) is 19.8 Å². The van der Waals surface area contributed by atoms with Gasteiger partial charge in [-0.25, -0.2) is 4.79 Å². The average Bonchev–Trinajstić information content (AvgIpc) is 2.11. The molecule has 0 fully saturated rings. The number of rotatable bonds is 7. The second-order valence-corrected chi connectivity index (χ2v) is 2.23. The van der Waals surface area contributed by atoms with Crippen molar-refractivity contribution in [2.75, 3.05) is 13.2 Å². The zero-order chi connectivity index (χ0) is 9.94. The first-order valence-corrected chi connectivity index (χ1v) is 4.19. The van der Waals surface area contributed by atoms with Crippen molar-refractivity contribution in [1.82, 2.24) is 0 Å². The van der Waals surface area contributed by atoms with Gasteiger partial charge in [-0.1, -0.05) is 0 Å². The van der Waals surface area contributed by atoms with E-state index in [1.807, 2.05) is 0 Å². The third-order valence-corrected chi connectivity index (χ3v) is 1.17. The Kier molecular flexibility index (Phi) is 7.88. The monoisotopic (exact) mass is 186 g/mol. The van der Waals surface area contributed by atoms with Crippen molar-refractivity contribution in [3.05, 3.63) is 12.3 Å². The van der Waals surface area contributed by atoms with E-state index >= 15 is 0 Å². The molecule has 0 aromatic carbocycles. The van der Waals surface area contributed by atoms with Crippen LogP contribution in [0.25, 0.3) is 0 Å². The van der Waals surface area contributed by atoms with Crippen LogP contribution < -0.4 is 0 Å². The molecule has 0 saturated carbocycles. The van der Waals surface area contributed by atoms with Crippen LogP contribution in [0.4, 0.5) is 0 Å². The summed E-state index contributed by atoms with van der Waals surface area (Å²) in [4.78, 5) is 20.6.